The Hall–Kier alpha value is -3.03. The Labute approximate surface area is 235 Å². The number of hydrogen-bond acceptors (Lipinski definition) is 5. The van der Waals surface area contributed by atoms with Crippen molar-refractivity contribution in [1.82, 2.24) is 19.8 Å². The van der Waals surface area contributed by atoms with E-state index >= 15 is 0 Å². The van der Waals surface area contributed by atoms with Crippen LogP contribution in [0.1, 0.15) is 62.1 Å². The maximum absolute atomic E-state index is 12.7. The molecule has 0 spiro atoms. The molecule has 3 heterocycles. The first-order valence-corrected chi connectivity index (χ1v) is 14.6. The molecule has 7 nitrogen and oxygen atoms in total. The lowest BCUT2D eigenvalue weighted by Crippen LogP contribution is -2.47. The summed E-state index contributed by atoms with van der Waals surface area (Å²) in [6, 6.07) is 8.34. The fourth-order valence-corrected chi connectivity index (χ4v) is 6.27. The van der Waals surface area contributed by atoms with E-state index in [0.29, 0.717) is 29.9 Å². The number of amides is 1. The van der Waals surface area contributed by atoms with Gasteiger partial charge < -0.3 is 24.8 Å². The Morgan fingerprint density at radius 2 is 2.00 bits per heavy atom. The van der Waals surface area contributed by atoms with E-state index in [9.17, 15) is 4.79 Å². The molecule has 1 unspecified atom stereocenters. The van der Waals surface area contributed by atoms with E-state index in [1.54, 1.807) is 7.11 Å². The quantitative estimate of drug-likeness (QED) is 0.333. The number of carbonyl (C=O) groups is 1. The topological polar surface area (TPSA) is 73.5 Å². The number of nitrogens with one attached hydrogen (secondary N) is 2. The second-order valence-electron chi connectivity index (χ2n) is 11.4. The molecule has 3 aliphatic rings. The number of aromatic amines is 1. The van der Waals surface area contributed by atoms with Crippen molar-refractivity contribution < 1.29 is 9.53 Å². The fraction of sp³-hybridized carbons (Fsp3) is 0.484. The molecule has 1 amide bonds. The van der Waals surface area contributed by atoms with E-state index in [2.05, 4.69) is 45.4 Å². The van der Waals surface area contributed by atoms with Crippen molar-refractivity contribution in [2.75, 3.05) is 45.7 Å². The van der Waals surface area contributed by atoms with Gasteiger partial charge in [-0.15, -0.1) is 0 Å². The maximum atomic E-state index is 12.7. The third-order valence-corrected chi connectivity index (χ3v) is 9.01. The first-order chi connectivity index (χ1) is 19.0. The summed E-state index contributed by atoms with van der Waals surface area (Å²) < 4.78 is 5.57. The van der Waals surface area contributed by atoms with Gasteiger partial charge >= 0.3 is 0 Å². The number of methoxy groups -OCH3 is 1. The van der Waals surface area contributed by atoms with E-state index in [4.69, 9.17) is 16.3 Å². The number of halogens is 1. The van der Waals surface area contributed by atoms with Gasteiger partial charge in [-0.05, 0) is 86.7 Å². The third-order valence-electron chi connectivity index (χ3n) is 8.60. The summed E-state index contributed by atoms with van der Waals surface area (Å²) in [5, 5.41) is 5.38. The van der Waals surface area contributed by atoms with Crippen molar-refractivity contribution in [2.24, 2.45) is 5.92 Å². The molecule has 2 aromatic heterocycles. The molecule has 206 valence electrons. The summed E-state index contributed by atoms with van der Waals surface area (Å²) in [7, 11) is 3.79. The number of piperazine rings is 1. The number of H-pyrrole nitrogens is 1. The minimum Gasteiger partial charge on any atom is -0.495 e. The molecule has 2 N–H and O–H groups in total. The van der Waals surface area contributed by atoms with Gasteiger partial charge in [0.1, 0.15) is 11.4 Å². The van der Waals surface area contributed by atoms with Crippen molar-refractivity contribution >= 4 is 45.5 Å². The highest BCUT2D eigenvalue weighted by atomic mass is 35.5. The zero-order chi connectivity index (χ0) is 26.9. The standard InChI is InChI=1S/C31H38ClN5O2/c1-36-13-15-37(16-14-36)29(38)10-5-20-3-6-22(7-4-20)27-19-25-26(11-12-33-31(25)35-27)34-23-17-24(21-8-9-21)30(32)28(18-23)39-2/h6,11-12,17-21H,3-5,7-10,13-16H2,1-2H3,(H2,33,34,35). The summed E-state index contributed by atoms with van der Waals surface area (Å²) in [6.45, 7) is 3.69. The first kappa shape index (κ1) is 26.2. The van der Waals surface area contributed by atoms with Crippen LogP contribution in [-0.4, -0.2) is 66.0 Å². The molecule has 3 aromatic rings. The lowest BCUT2D eigenvalue weighted by molar-refractivity contribution is -0.133. The Kier molecular flexibility index (Phi) is 7.54. The Morgan fingerprint density at radius 3 is 2.72 bits per heavy atom. The number of fused-ring (bicyclic) bond motifs is 1. The predicted molar refractivity (Wildman–Crippen MR) is 158 cm³/mol. The molecule has 8 heteroatoms. The van der Waals surface area contributed by atoms with E-state index in [1.165, 1.54) is 18.4 Å². The van der Waals surface area contributed by atoms with Crippen LogP contribution in [0.15, 0.2) is 36.5 Å². The molecule has 39 heavy (non-hydrogen) atoms. The number of allylic oxidation sites excluding steroid dienone is 2. The molecule has 1 saturated heterocycles. The minimum atomic E-state index is 0.321. The average Bonchev–Trinajstić information content (AvgIpc) is 3.71. The Morgan fingerprint density at radius 1 is 1.18 bits per heavy atom. The SMILES string of the molecule is COc1cc(Nc2ccnc3[nH]c(C4=CCC(CCC(=O)N5CCN(C)CC5)CC4)cc23)cc(C2CC2)c1Cl. The number of anilines is 2. The van der Waals surface area contributed by atoms with Crippen LogP contribution in [0.4, 0.5) is 11.4 Å². The second kappa shape index (κ2) is 11.2. The van der Waals surface area contributed by atoms with Crippen molar-refractivity contribution in [3.05, 3.63) is 52.8 Å². The molecular formula is C31H38ClN5O2. The number of likely N-dealkylation sites (N-methyl/N-ethyl adjacent to an activating group) is 1. The molecule has 2 fully saturated rings. The lowest BCUT2D eigenvalue weighted by Gasteiger charge is -2.33. The van der Waals surface area contributed by atoms with Crippen molar-refractivity contribution in [1.29, 1.82) is 0 Å². The largest absolute Gasteiger partial charge is 0.495 e. The van der Waals surface area contributed by atoms with Gasteiger partial charge in [0.15, 0.2) is 0 Å². The second-order valence-corrected chi connectivity index (χ2v) is 11.8. The third kappa shape index (κ3) is 5.80. The number of benzene rings is 1. The highest BCUT2D eigenvalue weighted by Gasteiger charge is 2.28. The highest BCUT2D eigenvalue weighted by Crippen LogP contribution is 2.47. The van der Waals surface area contributed by atoms with Crippen LogP contribution < -0.4 is 10.1 Å². The lowest BCUT2D eigenvalue weighted by atomic mass is 9.85. The summed E-state index contributed by atoms with van der Waals surface area (Å²) in [5.74, 6) is 2.12. The molecule has 0 radical (unpaired) electrons. The molecule has 1 aliphatic heterocycles. The van der Waals surface area contributed by atoms with Gasteiger partial charge in [-0.1, -0.05) is 17.7 Å². The zero-order valence-electron chi connectivity index (χ0n) is 22.9. The molecule has 1 atom stereocenters. The van der Waals surface area contributed by atoms with Gasteiger partial charge in [-0.25, -0.2) is 4.98 Å². The molecular weight excluding hydrogens is 510 g/mol. The van der Waals surface area contributed by atoms with Crippen molar-refractivity contribution in [3.63, 3.8) is 0 Å². The number of rotatable bonds is 8. The Balaban J connectivity index is 1.12. The smallest absolute Gasteiger partial charge is 0.222 e. The van der Waals surface area contributed by atoms with Crippen LogP contribution in [0.25, 0.3) is 16.6 Å². The van der Waals surface area contributed by atoms with Gasteiger partial charge in [0.25, 0.3) is 0 Å². The van der Waals surface area contributed by atoms with Gasteiger partial charge in [0, 0.05) is 61.6 Å². The fourth-order valence-electron chi connectivity index (χ4n) is 5.93. The van der Waals surface area contributed by atoms with Gasteiger partial charge in [0.2, 0.25) is 5.91 Å². The number of aromatic nitrogens is 2. The van der Waals surface area contributed by atoms with Gasteiger partial charge in [-0.2, -0.15) is 0 Å². The van der Waals surface area contributed by atoms with Crippen molar-refractivity contribution in [3.8, 4) is 5.75 Å². The molecule has 1 saturated carbocycles. The number of hydrogen-bond donors (Lipinski definition) is 2. The normalized spacial score (nSPS) is 20.2. The number of ether oxygens (including phenoxy) is 1. The first-order valence-electron chi connectivity index (χ1n) is 14.3. The van der Waals surface area contributed by atoms with Crippen LogP contribution in [0.2, 0.25) is 5.02 Å². The van der Waals surface area contributed by atoms with E-state index in [1.807, 2.05) is 23.2 Å². The van der Waals surface area contributed by atoms with Crippen molar-refractivity contribution in [2.45, 2.75) is 50.9 Å². The van der Waals surface area contributed by atoms with Crippen LogP contribution in [0, 0.1) is 5.92 Å². The highest BCUT2D eigenvalue weighted by molar-refractivity contribution is 6.33. The predicted octanol–water partition coefficient (Wildman–Crippen LogP) is 6.58. The molecule has 0 bridgehead atoms. The van der Waals surface area contributed by atoms with E-state index in [-0.39, 0.29) is 0 Å². The van der Waals surface area contributed by atoms with E-state index in [0.717, 1.165) is 90.6 Å². The summed E-state index contributed by atoms with van der Waals surface area (Å²) in [6.07, 6.45) is 11.3. The van der Waals surface area contributed by atoms with Crippen LogP contribution in [0.5, 0.6) is 5.75 Å². The molecule has 2 aliphatic carbocycles. The summed E-state index contributed by atoms with van der Waals surface area (Å²) >= 11 is 6.59. The monoisotopic (exact) mass is 547 g/mol. The van der Waals surface area contributed by atoms with Gasteiger partial charge in [-0.3, -0.25) is 4.79 Å². The number of nitrogens with zero attached hydrogens (tertiary/aromatic N) is 3. The summed E-state index contributed by atoms with van der Waals surface area (Å²) in [4.78, 5) is 25.1. The van der Waals surface area contributed by atoms with Crippen LogP contribution >= 0.6 is 11.6 Å². The van der Waals surface area contributed by atoms with Crippen LogP contribution in [-0.2, 0) is 4.79 Å². The molecule has 1 aromatic carbocycles. The average molecular weight is 548 g/mol. The molecule has 6 rings (SSSR count). The Bertz CT molecular complexity index is 1390. The minimum absolute atomic E-state index is 0.321. The van der Waals surface area contributed by atoms with Crippen LogP contribution in [0.3, 0.4) is 0 Å². The number of carbonyl (C=O) groups excluding carboxylic acids is 1. The number of pyridine rings is 1. The van der Waals surface area contributed by atoms with Gasteiger partial charge in [0.05, 0.1) is 17.8 Å². The summed E-state index contributed by atoms with van der Waals surface area (Å²) in [5.41, 5.74) is 6.48. The maximum Gasteiger partial charge on any atom is 0.222 e. The van der Waals surface area contributed by atoms with E-state index < -0.39 is 0 Å². The zero-order valence-corrected chi connectivity index (χ0v) is 23.7.